The van der Waals surface area contributed by atoms with Crippen LogP contribution in [0.1, 0.15) is 21.1 Å². The summed E-state index contributed by atoms with van der Waals surface area (Å²) < 4.78 is 0. The van der Waals surface area contributed by atoms with Crippen molar-refractivity contribution >= 4 is 28.9 Å². The van der Waals surface area contributed by atoms with E-state index in [0.29, 0.717) is 18.1 Å². The zero-order valence-corrected chi connectivity index (χ0v) is 13.3. The number of nitrogens with one attached hydrogen (secondary N) is 2. The van der Waals surface area contributed by atoms with Crippen LogP contribution in [0.5, 0.6) is 0 Å². The Morgan fingerprint density at radius 1 is 1.22 bits per heavy atom. The lowest BCUT2D eigenvalue weighted by atomic mass is 10.2. The minimum atomic E-state index is -0.143. The predicted octanol–water partition coefficient (Wildman–Crippen LogP) is 2.92. The molecule has 1 aromatic carbocycles. The van der Waals surface area contributed by atoms with Gasteiger partial charge in [-0.3, -0.25) is 4.79 Å². The quantitative estimate of drug-likeness (QED) is 0.754. The highest BCUT2D eigenvalue weighted by Crippen LogP contribution is 2.15. The number of hydrogen-bond donors (Lipinski definition) is 2. The first-order chi connectivity index (χ1) is 11.2. The Morgan fingerprint density at radius 2 is 2.04 bits per heavy atom. The summed E-state index contributed by atoms with van der Waals surface area (Å²) in [4.78, 5) is 24.8. The fourth-order valence-corrected chi connectivity index (χ4v) is 2.68. The number of benzene rings is 1. The number of carbonyl (C=O) groups excluding carboxylic acids is 1. The Labute approximate surface area is 137 Å². The Balaban J connectivity index is 1.65. The maximum Gasteiger partial charge on any atom is 0.251 e. The van der Waals surface area contributed by atoms with E-state index in [-0.39, 0.29) is 5.91 Å². The Hall–Kier alpha value is -2.80. The maximum absolute atomic E-state index is 12.2. The maximum atomic E-state index is 12.2. The molecule has 2 N–H and O–H groups in total. The van der Waals surface area contributed by atoms with Gasteiger partial charge in [0.25, 0.3) is 5.91 Å². The van der Waals surface area contributed by atoms with Gasteiger partial charge in [0, 0.05) is 34.7 Å². The average Bonchev–Trinajstić information content (AvgIpc) is 2.99. The van der Waals surface area contributed by atoms with Crippen LogP contribution in [0.3, 0.4) is 0 Å². The molecule has 0 aliphatic heterocycles. The summed E-state index contributed by atoms with van der Waals surface area (Å²) in [6.45, 7) is 2.36. The molecule has 2 heterocycles. The summed E-state index contributed by atoms with van der Waals surface area (Å²) in [7, 11) is 0. The minimum Gasteiger partial charge on any atom is -0.346 e. The van der Waals surface area contributed by atoms with Gasteiger partial charge < -0.3 is 10.6 Å². The van der Waals surface area contributed by atoms with E-state index >= 15 is 0 Å². The number of aryl methyl sites for hydroxylation is 1. The standard InChI is InChI=1S/C16H15N5OS/c1-11-10-23-14(20-11)9-19-15(22)12-4-2-5-13(8-12)21-16-17-6-3-7-18-16/h2-8,10H,9H2,1H3,(H,19,22)(H,17,18,21). The topological polar surface area (TPSA) is 79.8 Å². The van der Waals surface area contributed by atoms with Crippen molar-refractivity contribution < 1.29 is 4.79 Å². The number of rotatable bonds is 5. The van der Waals surface area contributed by atoms with E-state index in [4.69, 9.17) is 0 Å². The molecule has 3 aromatic rings. The van der Waals surface area contributed by atoms with Crippen molar-refractivity contribution in [2.75, 3.05) is 5.32 Å². The summed E-state index contributed by atoms with van der Waals surface area (Å²) in [6, 6.07) is 8.94. The van der Waals surface area contributed by atoms with Crippen LogP contribution in [-0.4, -0.2) is 20.9 Å². The van der Waals surface area contributed by atoms with Crippen molar-refractivity contribution in [3.05, 3.63) is 64.4 Å². The van der Waals surface area contributed by atoms with E-state index in [1.165, 1.54) is 11.3 Å². The van der Waals surface area contributed by atoms with Gasteiger partial charge in [0.15, 0.2) is 0 Å². The van der Waals surface area contributed by atoms with Crippen LogP contribution >= 0.6 is 11.3 Å². The van der Waals surface area contributed by atoms with Crippen molar-refractivity contribution in [1.29, 1.82) is 0 Å². The van der Waals surface area contributed by atoms with Crippen LogP contribution in [0.15, 0.2) is 48.1 Å². The third-order valence-corrected chi connectivity index (χ3v) is 3.98. The highest BCUT2D eigenvalue weighted by atomic mass is 32.1. The van der Waals surface area contributed by atoms with E-state index in [1.54, 1.807) is 30.6 Å². The molecule has 23 heavy (non-hydrogen) atoms. The molecule has 0 aliphatic rings. The van der Waals surface area contributed by atoms with Crippen molar-refractivity contribution in [2.24, 2.45) is 0 Å². The van der Waals surface area contributed by atoms with Crippen LogP contribution < -0.4 is 10.6 Å². The van der Waals surface area contributed by atoms with E-state index in [1.807, 2.05) is 24.4 Å². The van der Waals surface area contributed by atoms with E-state index in [9.17, 15) is 4.79 Å². The second-order valence-electron chi connectivity index (χ2n) is 4.84. The largest absolute Gasteiger partial charge is 0.346 e. The van der Waals surface area contributed by atoms with Gasteiger partial charge in [-0.15, -0.1) is 11.3 Å². The van der Waals surface area contributed by atoms with Crippen LogP contribution in [-0.2, 0) is 6.54 Å². The molecule has 0 atom stereocenters. The molecule has 116 valence electrons. The van der Waals surface area contributed by atoms with E-state index in [2.05, 4.69) is 25.6 Å². The molecule has 0 saturated heterocycles. The average molecular weight is 325 g/mol. The second-order valence-corrected chi connectivity index (χ2v) is 5.79. The molecule has 0 aliphatic carbocycles. The molecular weight excluding hydrogens is 310 g/mol. The SMILES string of the molecule is Cc1csc(CNC(=O)c2cccc(Nc3ncccn3)c2)n1. The molecule has 0 radical (unpaired) electrons. The number of aromatic nitrogens is 3. The van der Waals surface area contributed by atoms with Crippen molar-refractivity contribution in [2.45, 2.75) is 13.5 Å². The van der Waals surface area contributed by atoms with Crippen molar-refractivity contribution in [1.82, 2.24) is 20.3 Å². The van der Waals surface area contributed by atoms with Gasteiger partial charge in [-0.1, -0.05) is 6.07 Å². The number of amides is 1. The normalized spacial score (nSPS) is 10.3. The summed E-state index contributed by atoms with van der Waals surface area (Å²) >= 11 is 1.54. The lowest BCUT2D eigenvalue weighted by molar-refractivity contribution is 0.0951. The monoisotopic (exact) mass is 325 g/mol. The van der Waals surface area contributed by atoms with Gasteiger partial charge in [0.05, 0.1) is 6.54 Å². The lowest BCUT2D eigenvalue weighted by Crippen LogP contribution is -2.22. The predicted molar refractivity (Wildman–Crippen MR) is 89.8 cm³/mol. The first-order valence-electron chi connectivity index (χ1n) is 7.04. The Kier molecular flexibility index (Phi) is 4.58. The van der Waals surface area contributed by atoms with Crippen LogP contribution in [0, 0.1) is 6.92 Å². The fraction of sp³-hybridized carbons (Fsp3) is 0.125. The van der Waals surface area contributed by atoms with E-state index in [0.717, 1.165) is 16.4 Å². The van der Waals surface area contributed by atoms with Gasteiger partial charge in [-0.05, 0) is 31.2 Å². The molecule has 1 amide bonds. The first-order valence-corrected chi connectivity index (χ1v) is 7.92. The molecule has 0 unspecified atom stereocenters. The van der Waals surface area contributed by atoms with Gasteiger partial charge in [-0.25, -0.2) is 15.0 Å². The molecule has 0 bridgehead atoms. The summed E-state index contributed by atoms with van der Waals surface area (Å²) in [6.07, 6.45) is 3.31. The van der Waals surface area contributed by atoms with Gasteiger partial charge in [-0.2, -0.15) is 0 Å². The Morgan fingerprint density at radius 3 is 2.78 bits per heavy atom. The molecule has 2 aromatic heterocycles. The molecule has 0 spiro atoms. The van der Waals surface area contributed by atoms with Gasteiger partial charge >= 0.3 is 0 Å². The molecule has 6 nitrogen and oxygen atoms in total. The van der Waals surface area contributed by atoms with Gasteiger partial charge in [0.1, 0.15) is 5.01 Å². The number of nitrogens with zero attached hydrogens (tertiary/aromatic N) is 3. The lowest BCUT2D eigenvalue weighted by Gasteiger charge is -2.07. The van der Waals surface area contributed by atoms with Gasteiger partial charge in [0.2, 0.25) is 5.95 Å². The molecular formula is C16H15N5OS. The number of anilines is 2. The van der Waals surface area contributed by atoms with Crippen molar-refractivity contribution in [3.8, 4) is 0 Å². The van der Waals surface area contributed by atoms with Crippen molar-refractivity contribution in [3.63, 3.8) is 0 Å². The summed E-state index contributed by atoms with van der Waals surface area (Å²) in [5, 5.41) is 8.79. The molecule has 0 fully saturated rings. The Bertz CT molecular complexity index is 803. The molecule has 3 rings (SSSR count). The van der Waals surface area contributed by atoms with Crippen LogP contribution in [0.4, 0.5) is 11.6 Å². The molecule has 7 heteroatoms. The number of hydrogen-bond acceptors (Lipinski definition) is 6. The minimum absolute atomic E-state index is 0.143. The molecule has 0 saturated carbocycles. The zero-order chi connectivity index (χ0) is 16.1. The highest BCUT2D eigenvalue weighted by molar-refractivity contribution is 7.09. The van der Waals surface area contributed by atoms with E-state index < -0.39 is 0 Å². The third kappa shape index (κ3) is 4.10. The van der Waals surface area contributed by atoms with Crippen LogP contribution in [0.2, 0.25) is 0 Å². The zero-order valence-electron chi connectivity index (χ0n) is 12.5. The van der Waals surface area contributed by atoms with Crippen LogP contribution in [0.25, 0.3) is 0 Å². The second kappa shape index (κ2) is 6.97. The number of thiazole rings is 1. The summed E-state index contributed by atoms with van der Waals surface area (Å²) in [5.74, 6) is 0.346. The third-order valence-electron chi connectivity index (χ3n) is 3.01. The fourth-order valence-electron chi connectivity index (χ4n) is 1.97. The highest BCUT2D eigenvalue weighted by Gasteiger charge is 2.08. The first kappa shape index (κ1) is 15.1. The smallest absolute Gasteiger partial charge is 0.251 e. The summed E-state index contributed by atoms with van der Waals surface area (Å²) in [5.41, 5.74) is 2.29. The number of carbonyl (C=O) groups is 1.